The molecule has 0 heterocycles. The molecule has 0 aromatic heterocycles. The Kier molecular flexibility index (Phi) is 5.13. The summed E-state index contributed by atoms with van der Waals surface area (Å²) in [5.41, 5.74) is 0. The molecular formula is C6H11IO2. The molecule has 0 spiro atoms. The van der Waals surface area contributed by atoms with E-state index in [4.69, 9.17) is 4.74 Å². The molecule has 0 fully saturated rings. The Hall–Kier alpha value is 0.200. The normalized spacial score (nSPS) is 9.78. The molecule has 0 saturated carbocycles. The van der Waals surface area contributed by atoms with Crippen LogP contribution in [0.1, 0.15) is 13.8 Å². The first-order chi connectivity index (χ1) is 4.16. The standard InChI is InChI=1S/C6H11IO2/c1-5(2)4-9-6(8)3-7/h5H,3-4H2,1-2H3. The molecule has 0 unspecified atom stereocenters. The van der Waals surface area contributed by atoms with E-state index in [0.717, 1.165) is 0 Å². The van der Waals surface area contributed by atoms with Crippen molar-refractivity contribution in [2.45, 2.75) is 13.8 Å². The van der Waals surface area contributed by atoms with Crippen LogP contribution in [0, 0.1) is 5.92 Å². The maximum absolute atomic E-state index is 10.5. The number of alkyl halides is 1. The maximum Gasteiger partial charge on any atom is 0.315 e. The molecule has 0 aromatic carbocycles. The molecule has 0 aliphatic carbocycles. The molecule has 2 nitrogen and oxygen atoms in total. The zero-order valence-corrected chi connectivity index (χ0v) is 7.84. The lowest BCUT2D eigenvalue weighted by atomic mass is 10.2. The highest BCUT2D eigenvalue weighted by Crippen LogP contribution is 1.94. The summed E-state index contributed by atoms with van der Waals surface area (Å²) < 4.78 is 5.26. The van der Waals surface area contributed by atoms with Crippen LogP contribution in [-0.4, -0.2) is 17.0 Å². The van der Waals surface area contributed by atoms with E-state index in [9.17, 15) is 4.79 Å². The number of ether oxygens (including phenoxy) is 1. The van der Waals surface area contributed by atoms with Crippen molar-refractivity contribution in [2.75, 3.05) is 11.0 Å². The Morgan fingerprint density at radius 1 is 1.67 bits per heavy atom. The van der Waals surface area contributed by atoms with Gasteiger partial charge in [0.1, 0.15) is 0 Å². The lowest BCUT2D eigenvalue weighted by Gasteiger charge is -2.03. The first-order valence-electron chi connectivity index (χ1n) is 2.88. The van der Waals surface area contributed by atoms with Crippen molar-refractivity contribution in [3.05, 3.63) is 0 Å². The zero-order chi connectivity index (χ0) is 7.28. The SMILES string of the molecule is CC(C)COC(=O)CI. The van der Waals surface area contributed by atoms with Crippen molar-refractivity contribution in [3.63, 3.8) is 0 Å². The van der Waals surface area contributed by atoms with Gasteiger partial charge in [-0.25, -0.2) is 0 Å². The van der Waals surface area contributed by atoms with E-state index in [1.54, 1.807) is 0 Å². The third kappa shape index (κ3) is 6.08. The molecule has 0 radical (unpaired) electrons. The fraction of sp³-hybridized carbons (Fsp3) is 0.833. The smallest absolute Gasteiger partial charge is 0.315 e. The maximum atomic E-state index is 10.5. The second-order valence-electron chi connectivity index (χ2n) is 2.21. The van der Waals surface area contributed by atoms with Crippen molar-refractivity contribution < 1.29 is 9.53 Å². The first kappa shape index (κ1) is 9.20. The topological polar surface area (TPSA) is 26.3 Å². The van der Waals surface area contributed by atoms with E-state index in [2.05, 4.69) is 0 Å². The van der Waals surface area contributed by atoms with Crippen molar-refractivity contribution in [3.8, 4) is 0 Å². The van der Waals surface area contributed by atoms with Crippen molar-refractivity contribution in [1.29, 1.82) is 0 Å². The Labute approximate surface area is 69.1 Å². The van der Waals surface area contributed by atoms with Gasteiger partial charge in [-0.15, -0.1) is 0 Å². The van der Waals surface area contributed by atoms with Gasteiger partial charge in [0.2, 0.25) is 0 Å². The van der Waals surface area contributed by atoms with E-state index < -0.39 is 0 Å². The van der Waals surface area contributed by atoms with Gasteiger partial charge in [-0.1, -0.05) is 36.4 Å². The van der Waals surface area contributed by atoms with Crippen LogP contribution < -0.4 is 0 Å². The molecule has 0 amide bonds. The number of esters is 1. The minimum absolute atomic E-state index is 0.121. The van der Waals surface area contributed by atoms with Gasteiger partial charge in [-0.3, -0.25) is 4.79 Å². The number of hydrogen-bond donors (Lipinski definition) is 0. The van der Waals surface area contributed by atoms with Gasteiger partial charge >= 0.3 is 5.97 Å². The summed E-state index contributed by atoms with van der Waals surface area (Å²) in [5, 5.41) is 0. The zero-order valence-electron chi connectivity index (χ0n) is 5.69. The monoisotopic (exact) mass is 242 g/mol. The molecule has 9 heavy (non-hydrogen) atoms. The highest BCUT2D eigenvalue weighted by Gasteiger charge is 1.99. The molecule has 0 aromatic rings. The Morgan fingerprint density at radius 3 is 2.56 bits per heavy atom. The highest BCUT2D eigenvalue weighted by atomic mass is 127. The second-order valence-corrected chi connectivity index (χ2v) is 2.97. The summed E-state index contributed by atoms with van der Waals surface area (Å²) in [6.45, 7) is 4.57. The minimum atomic E-state index is -0.121. The van der Waals surface area contributed by atoms with Gasteiger partial charge in [0.05, 0.1) is 11.0 Å². The van der Waals surface area contributed by atoms with Crippen LogP contribution in [0.4, 0.5) is 0 Å². The lowest BCUT2D eigenvalue weighted by molar-refractivity contribution is -0.141. The van der Waals surface area contributed by atoms with Gasteiger partial charge in [-0.2, -0.15) is 0 Å². The van der Waals surface area contributed by atoms with Gasteiger partial charge < -0.3 is 4.74 Å². The van der Waals surface area contributed by atoms with Crippen LogP contribution in [0.3, 0.4) is 0 Å². The van der Waals surface area contributed by atoms with Crippen LogP contribution in [-0.2, 0) is 9.53 Å². The molecule has 0 atom stereocenters. The number of halogens is 1. The molecule has 0 aliphatic rings. The van der Waals surface area contributed by atoms with E-state index in [0.29, 0.717) is 17.0 Å². The Morgan fingerprint density at radius 2 is 2.22 bits per heavy atom. The summed E-state index contributed by atoms with van der Waals surface area (Å²) in [6.07, 6.45) is 0. The van der Waals surface area contributed by atoms with Crippen LogP contribution in [0.5, 0.6) is 0 Å². The largest absolute Gasteiger partial charge is 0.465 e. The van der Waals surface area contributed by atoms with Crippen LogP contribution >= 0.6 is 22.6 Å². The van der Waals surface area contributed by atoms with E-state index in [1.165, 1.54) is 0 Å². The molecule has 3 heteroatoms. The lowest BCUT2D eigenvalue weighted by Crippen LogP contribution is -2.10. The number of carbonyl (C=O) groups is 1. The third-order valence-corrected chi connectivity index (χ3v) is 1.31. The van der Waals surface area contributed by atoms with Crippen molar-refractivity contribution in [1.82, 2.24) is 0 Å². The fourth-order valence-electron chi connectivity index (χ4n) is 0.298. The summed E-state index contributed by atoms with van der Waals surface area (Å²) in [4.78, 5) is 10.5. The van der Waals surface area contributed by atoms with Gasteiger partial charge in [0, 0.05) is 0 Å². The van der Waals surface area contributed by atoms with E-state index in [-0.39, 0.29) is 5.97 Å². The summed E-state index contributed by atoms with van der Waals surface area (Å²) in [5.74, 6) is 0.321. The highest BCUT2D eigenvalue weighted by molar-refractivity contribution is 14.1. The van der Waals surface area contributed by atoms with Gasteiger partial charge in [-0.05, 0) is 5.92 Å². The minimum Gasteiger partial charge on any atom is -0.465 e. The quantitative estimate of drug-likeness (QED) is 0.427. The molecule has 0 aliphatic heterocycles. The second kappa shape index (κ2) is 5.02. The molecular weight excluding hydrogens is 231 g/mol. The molecule has 0 bridgehead atoms. The van der Waals surface area contributed by atoms with E-state index >= 15 is 0 Å². The molecule has 0 saturated heterocycles. The predicted molar refractivity (Wildman–Crippen MR) is 44.7 cm³/mol. The molecule has 0 rings (SSSR count). The summed E-state index contributed by atoms with van der Waals surface area (Å²) in [6, 6.07) is 0. The van der Waals surface area contributed by atoms with E-state index in [1.807, 2.05) is 36.4 Å². The number of carbonyl (C=O) groups excluding carboxylic acids is 1. The van der Waals surface area contributed by atoms with Crippen molar-refractivity contribution in [2.24, 2.45) is 5.92 Å². The third-order valence-electron chi connectivity index (χ3n) is 0.687. The van der Waals surface area contributed by atoms with Gasteiger partial charge in [0.25, 0.3) is 0 Å². The molecule has 0 N–H and O–H groups in total. The Bertz CT molecular complexity index is 91.1. The fourth-order valence-corrected chi connectivity index (χ4v) is 0.518. The van der Waals surface area contributed by atoms with Crippen LogP contribution in [0.15, 0.2) is 0 Å². The predicted octanol–water partition coefficient (Wildman–Crippen LogP) is 1.62. The first-order valence-corrected chi connectivity index (χ1v) is 4.41. The van der Waals surface area contributed by atoms with Gasteiger partial charge in [0.15, 0.2) is 0 Å². The van der Waals surface area contributed by atoms with Crippen LogP contribution in [0.2, 0.25) is 0 Å². The number of rotatable bonds is 3. The number of hydrogen-bond acceptors (Lipinski definition) is 2. The van der Waals surface area contributed by atoms with Crippen molar-refractivity contribution >= 4 is 28.6 Å². The summed E-state index contributed by atoms with van der Waals surface area (Å²) in [7, 11) is 0. The molecule has 54 valence electrons. The summed E-state index contributed by atoms with van der Waals surface area (Å²) >= 11 is 1.99. The average Bonchev–Trinajstić information content (AvgIpc) is 1.83. The average molecular weight is 242 g/mol. The van der Waals surface area contributed by atoms with Crippen LogP contribution in [0.25, 0.3) is 0 Å². The Balaban J connectivity index is 3.17.